The number of nitrogens with one attached hydrogen (secondary N) is 1. The third-order valence-electron chi connectivity index (χ3n) is 3.77. The molecular formula is C18H14F5N3O4S2. The van der Waals surface area contributed by atoms with Gasteiger partial charge in [-0.25, -0.2) is 22.2 Å². The third-order valence-corrected chi connectivity index (χ3v) is 5.83. The lowest BCUT2D eigenvalue weighted by Crippen LogP contribution is -2.15. The summed E-state index contributed by atoms with van der Waals surface area (Å²) in [5, 5.41) is -0.172. The molecule has 32 heavy (non-hydrogen) atoms. The van der Waals surface area contributed by atoms with Gasteiger partial charge in [-0.3, -0.25) is 4.72 Å². The molecule has 0 spiro atoms. The van der Waals surface area contributed by atoms with E-state index < -0.39 is 49.8 Å². The van der Waals surface area contributed by atoms with Crippen LogP contribution in [-0.2, 0) is 16.2 Å². The van der Waals surface area contributed by atoms with Crippen molar-refractivity contribution in [2.24, 2.45) is 0 Å². The molecule has 0 fully saturated rings. The maximum Gasteiger partial charge on any atom is 0.416 e. The Kier molecular flexibility index (Phi) is 6.83. The van der Waals surface area contributed by atoms with E-state index in [2.05, 4.69) is 9.36 Å². The van der Waals surface area contributed by atoms with E-state index in [0.29, 0.717) is 36.2 Å². The maximum atomic E-state index is 14.5. The van der Waals surface area contributed by atoms with Crippen LogP contribution < -0.4 is 14.2 Å². The summed E-state index contributed by atoms with van der Waals surface area (Å²) >= 11 is 0.674. The highest BCUT2D eigenvalue weighted by Gasteiger charge is 2.32. The molecule has 1 heterocycles. The minimum Gasteiger partial charge on any atom is -0.493 e. The molecule has 172 valence electrons. The van der Waals surface area contributed by atoms with Gasteiger partial charge in [0.1, 0.15) is 28.5 Å². The van der Waals surface area contributed by atoms with Gasteiger partial charge in [0.25, 0.3) is 10.0 Å². The smallest absolute Gasteiger partial charge is 0.416 e. The first-order valence-electron chi connectivity index (χ1n) is 8.81. The van der Waals surface area contributed by atoms with Crippen LogP contribution in [0.2, 0.25) is 0 Å². The van der Waals surface area contributed by atoms with E-state index in [1.807, 2.05) is 4.72 Å². The fourth-order valence-electron chi connectivity index (χ4n) is 2.41. The number of hydrogen-bond donors (Lipinski definition) is 1. The van der Waals surface area contributed by atoms with Crippen LogP contribution in [-0.4, -0.2) is 24.4 Å². The fourth-order valence-corrected chi connectivity index (χ4v) is 4.14. The van der Waals surface area contributed by atoms with Crippen molar-refractivity contribution in [3.8, 4) is 17.2 Å². The summed E-state index contributed by atoms with van der Waals surface area (Å²) in [6.45, 7) is 1.87. The van der Waals surface area contributed by atoms with Crippen LogP contribution in [0, 0.1) is 11.6 Å². The van der Waals surface area contributed by atoms with Crippen LogP contribution in [0.1, 0.15) is 18.9 Å². The number of ether oxygens (including phenoxy) is 2. The second-order valence-corrected chi connectivity index (χ2v) is 8.64. The average molecular weight is 495 g/mol. The highest BCUT2D eigenvalue weighted by molar-refractivity contribution is 7.93. The standard InChI is InChI=1S/C18H14F5N3O4S2/c1-2-3-29-11-4-10(18(21,22)23)5-12(6-11)30-15-7-14(20)16(8-13(15)19)32(27,28)26-17-24-9-25-31-17/h4-9H,2-3H2,1H3,(H,24,25,26). The minimum absolute atomic E-state index is 0.123. The van der Waals surface area contributed by atoms with Gasteiger partial charge in [-0.2, -0.15) is 17.5 Å². The van der Waals surface area contributed by atoms with Gasteiger partial charge in [0.05, 0.1) is 12.2 Å². The van der Waals surface area contributed by atoms with E-state index in [0.717, 1.165) is 18.5 Å². The van der Waals surface area contributed by atoms with Gasteiger partial charge >= 0.3 is 6.18 Å². The van der Waals surface area contributed by atoms with Crippen LogP contribution in [0.5, 0.6) is 17.2 Å². The summed E-state index contributed by atoms with van der Waals surface area (Å²) in [6, 6.07) is 3.16. The molecule has 1 aromatic heterocycles. The van der Waals surface area contributed by atoms with Crippen molar-refractivity contribution in [3.63, 3.8) is 0 Å². The summed E-state index contributed by atoms with van der Waals surface area (Å²) in [5.41, 5.74) is -1.12. The zero-order valence-corrected chi connectivity index (χ0v) is 17.7. The fraction of sp³-hybridized carbons (Fsp3) is 0.222. The molecule has 2 aromatic carbocycles. The SMILES string of the molecule is CCCOc1cc(Oc2cc(F)c(S(=O)(=O)Nc3ncns3)cc2F)cc(C(F)(F)F)c1. The number of rotatable bonds is 8. The Balaban J connectivity index is 1.93. The normalized spacial score (nSPS) is 11.9. The molecule has 7 nitrogen and oxygen atoms in total. The summed E-state index contributed by atoms with van der Waals surface area (Å²) in [5.74, 6) is -4.20. The Morgan fingerprint density at radius 2 is 1.78 bits per heavy atom. The molecule has 0 amide bonds. The Morgan fingerprint density at radius 1 is 1.06 bits per heavy atom. The number of benzene rings is 2. The van der Waals surface area contributed by atoms with Gasteiger partial charge in [0.2, 0.25) is 5.13 Å². The molecule has 0 atom stereocenters. The van der Waals surface area contributed by atoms with E-state index in [1.165, 1.54) is 0 Å². The van der Waals surface area contributed by atoms with Crippen molar-refractivity contribution < 1.29 is 39.8 Å². The van der Waals surface area contributed by atoms with E-state index in [9.17, 15) is 30.4 Å². The highest BCUT2D eigenvalue weighted by Crippen LogP contribution is 2.37. The zero-order valence-electron chi connectivity index (χ0n) is 16.1. The molecule has 3 aromatic rings. The van der Waals surface area contributed by atoms with Crippen molar-refractivity contribution in [1.29, 1.82) is 0 Å². The molecule has 0 bridgehead atoms. The second kappa shape index (κ2) is 9.24. The first-order valence-corrected chi connectivity index (χ1v) is 11.1. The first kappa shape index (κ1) is 23.7. The molecule has 1 N–H and O–H groups in total. The van der Waals surface area contributed by atoms with Gasteiger partial charge in [0.15, 0.2) is 11.6 Å². The van der Waals surface area contributed by atoms with E-state index in [1.54, 1.807) is 6.92 Å². The lowest BCUT2D eigenvalue weighted by atomic mass is 10.2. The van der Waals surface area contributed by atoms with Crippen LogP contribution >= 0.6 is 11.5 Å². The van der Waals surface area contributed by atoms with Crippen molar-refractivity contribution in [3.05, 3.63) is 53.9 Å². The topological polar surface area (TPSA) is 90.4 Å². The molecule has 0 saturated heterocycles. The molecule has 14 heteroatoms. The lowest BCUT2D eigenvalue weighted by molar-refractivity contribution is -0.137. The summed E-state index contributed by atoms with van der Waals surface area (Å²) in [7, 11) is -4.55. The number of hydrogen-bond acceptors (Lipinski definition) is 7. The van der Waals surface area contributed by atoms with Crippen LogP contribution in [0.15, 0.2) is 41.6 Å². The van der Waals surface area contributed by atoms with Gasteiger partial charge in [-0.1, -0.05) is 6.92 Å². The summed E-state index contributed by atoms with van der Waals surface area (Å²) in [6.07, 6.45) is -3.17. The van der Waals surface area contributed by atoms with Crippen LogP contribution in [0.3, 0.4) is 0 Å². The first-order chi connectivity index (χ1) is 15.0. The Hall–Kier alpha value is -3.00. The van der Waals surface area contributed by atoms with Gasteiger partial charge in [0, 0.05) is 29.7 Å². The second-order valence-electron chi connectivity index (χ2n) is 6.21. The van der Waals surface area contributed by atoms with Crippen molar-refractivity contribution in [2.45, 2.75) is 24.4 Å². The summed E-state index contributed by atoms with van der Waals surface area (Å²) < 4.78 is 109. The summed E-state index contributed by atoms with van der Waals surface area (Å²) in [4.78, 5) is 2.53. The lowest BCUT2D eigenvalue weighted by Gasteiger charge is -2.14. The van der Waals surface area contributed by atoms with Crippen LogP contribution in [0.4, 0.5) is 27.1 Å². The quantitative estimate of drug-likeness (QED) is 0.431. The molecule has 0 radical (unpaired) electrons. The molecule has 0 saturated carbocycles. The van der Waals surface area contributed by atoms with Crippen molar-refractivity contribution in [2.75, 3.05) is 11.3 Å². The number of aromatic nitrogens is 2. The zero-order chi connectivity index (χ0) is 23.5. The van der Waals surface area contributed by atoms with Crippen LogP contribution in [0.25, 0.3) is 0 Å². The minimum atomic E-state index is -4.75. The van der Waals surface area contributed by atoms with E-state index in [4.69, 9.17) is 9.47 Å². The van der Waals surface area contributed by atoms with Crippen molar-refractivity contribution >= 4 is 26.7 Å². The van der Waals surface area contributed by atoms with Gasteiger partial charge in [-0.05, 0) is 18.6 Å². The Bertz CT molecular complexity index is 1200. The molecule has 0 unspecified atom stereocenters. The molecule has 0 aliphatic rings. The van der Waals surface area contributed by atoms with E-state index >= 15 is 0 Å². The van der Waals surface area contributed by atoms with Gasteiger partial charge in [-0.15, -0.1) is 0 Å². The largest absolute Gasteiger partial charge is 0.493 e. The maximum absolute atomic E-state index is 14.5. The van der Waals surface area contributed by atoms with Gasteiger partial charge < -0.3 is 9.47 Å². The van der Waals surface area contributed by atoms with E-state index in [-0.39, 0.29) is 17.5 Å². The molecular weight excluding hydrogens is 481 g/mol. The Morgan fingerprint density at radius 3 is 2.41 bits per heavy atom. The number of nitrogens with zero attached hydrogens (tertiary/aromatic N) is 2. The monoisotopic (exact) mass is 495 g/mol. The number of halogens is 5. The number of anilines is 1. The molecule has 3 rings (SSSR count). The van der Waals surface area contributed by atoms with Crippen molar-refractivity contribution in [1.82, 2.24) is 9.36 Å². The average Bonchev–Trinajstić information content (AvgIpc) is 3.20. The predicted octanol–water partition coefficient (Wildman–Crippen LogP) is 5.22. The third kappa shape index (κ3) is 5.62. The molecule has 0 aliphatic heterocycles. The Labute approximate surface area is 183 Å². The number of alkyl halides is 3. The number of sulfonamides is 1. The highest BCUT2D eigenvalue weighted by atomic mass is 32.2. The predicted molar refractivity (Wildman–Crippen MR) is 104 cm³/mol. The molecule has 0 aliphatic carbocycles.